The Labute approximate surface area is 197 Å². The normalized spacial score (nSPS) is 16.8. The molecule has 0 bridgehead atoms. The molecule has 1 aliphatic rings. The SMILES string of the molecule is Cn1ncc(CC(=O)c2c(N)sc3cc(-c4ccccc4)cnc23)c1N1CCCC(N)CC1. The number of nitrogens with two attached hydrogens (primary N) is 2. The number of aryl methyl sites for hydroxylation is 1. The van der Waals surface area contributed by atoms with Crippen LogP contribution in [0, 0.1) is 0 Å². The third-order valence-electron chi connectivity index (χ3n) is 6.35. The number of thiophene rings is 1. The highest BCUT2D eigenvalue weighted by Crippen LogP contribution is 2.36. The van der Waals surface area contributed by atoms with E-state index >= 15 is 0 Å². The van der Waals surface area contributed by atoms with Gasteiger partial charge < -0.3 is 16.4 Å². The quantitative estimate of drug-likeness (QED) is 0.436. The fraction of sp³-hybridized carbons (Fsp3) is 0.320. The number of hydrogen-bond acceptors (Lipinski definition) is 7. The first kappa shape index (κ1) is 21.6. The highest BCUT2D eigenvalue weighted by atomic mass is 32.1. The summed E-state index contributed by atoms with van der Waals surface area (Å²) in [6.45, 7) is 1.79. The number of aromatic nitrogens is 3. The van der Waals surface area contributed by atoms with Crippen LogP contribution in [0.1, 0.15) is 35.2 Å². The van der Waals surface area contributed by atoms with Crippen molar-refractivity contribution in [2.45, 2.75) is 31.7 Å². The lowest BCUT2D eigenvalue weighted by Crippen LogP contribution is -2.29. The second kappa shape index (κ2) is 8.96. The van der Waals surface area contributed by atoms with Crippen LogP contribution < -0.4 is 16.4 Å². The average Bonchev–Trinajstić information content (AvgIpc) is 3.25. The van der Waals surface area contributed by atoms with Crippen LogP contribution in [-0.2, 0) is 13.5 Å². The monoisotopic (exact) mass is 460 g/mol. The van der Waals surface area contributed by atoms with E-state index < -0.39 is 0 Å². The molecule has 1 atom stereocenters. The molecule has 0 aliphatic carbocycles. The molecule has 0 spiro atoms. The minimum atomic E-state index is -0.0283. The van der Waals surface area contributed by atoms with E-state index in [9.17, 15) is 4.79 Å². The lowest BCUT2D eigenvalue weighted by Gasteiger charge is -2.24. The number of ketones is 1. The van der Waals surface area contributed by atoms with Crippen molar-refractivity contribution in [2.75, 3.05) is 23.7 Å². The van der Waals surface area contributed by atoms with E-state index in [0.29, 0.717) is 16.1 Å². The molecule has 4 N–H and O–H groups in total. The van der Waals surface area contributed by atoms with Crippen molar-refractivity contribution in [3.05, 3.63) is 59.9 Å². The number of rotatable bonds is 5. The Hall–Kier alpha value is -3.23. The molecule has 170 valence electrons. The maximum absolute atomic E-state index is 13.4. The summed E-state index contributed by atoms with van der Waals surface area (Å²) in [6.07, 6.45) is 6.85. The molecule has 1 saturated heterocycles. The van der Waals surface area contributed by atoms with Gasteiger partial charge in [0.1, 0.15) is 5.82 Å². The number of nitrogens with zero attached hydrogens (tertiary/aromatic N) is 4. The van der Waals surface area contributed by atoms with Gasteiger partial charge >= 0.3 is 0 Å². The fourth-order valence-corrected chi connectivity index (χ4v) is 5.65. The van der Waals surface area contributed by atoms with Crippen LogP contribution in [0.25, 0.3) is 21.3 Å². The van der Waals surface area contributed by atoms with E-state index in [2.05, 4.69) is 21.0 Å². The zero-order valence-corrected chi connectivity index (χ0v) is 19.5. The van der Waals surface area contributed by atoms with E-state index in [4.69, 9.17) is 11.5 Å². The van der Waals surface area contributed by atoms with Gasteiger partial charge in [-0.3, -0.25) is 14.5 Å². The number of fused-ring (bicyclic) bond motifs is 1. The van der Waals surface area contributed by atoms with Gasteiger partial charge in [0.25, 0.3) is 0 Å². The standard InChI is InChI=1S/C25H28N6OS/c1-30-25(31-10-5-8-19(26)9-11-31)18(15-29-30)12-20(32)22-23-21(33-24(22)27)13-17(14-28-23)16-6-3-2-4-7-16/h2-4,6-7,13-15,19H,5,8-12,26-27H2,1H3. The van der Waals surface area contributed by atoms with Gasteiger partial charge in [-0.05, 0) is 30.9 Å². The van der Waals surface area contributed by atoms with E-state index in [1.54, 1.807) is 6.20 Å². The Morgan fingerprint density at radius 2 is 1.97 bits per heavy atom. The van der Waals surface area contributed by atoms with E-state index in [1.165, 1.54) is 11.3 Å². The van der Waals surface area contributed by atoms with Crippen molar-refractivity contribution in [2.24, 2.45) is 12.8 Å². The lowest BCUT2D eigenvalue weighted by molar-refractivity contribution is 0.0995. The van der Waals surface area contributed by atoms with Crippen LogP contribution in [-0.4, -0.2) is 39.7 Å². The van der Waals surface area contributed by atoms with Gasteiger partial charge in [-0.2, -0.15) is 5.10 Å². The molecule has 8 heteroatoms. The van der Waals surface area contributed by atoms with Crippen molar-refractivity contribution in [1.29, 1.82) is 0 Å². The van der Waals surface area contributed by atoms with Gasteiger partial charge in [-0.15, -0.1) is 11.3 Å². The molecule has 0 amide bonds. The number of carbonyl (C=O) groups is 1. The number of pyridine rings is 1. The summed E-state index contributed by atoms with van der Waals surface area (Å²) in [5.41, 5.74) is 16.7. The predicted molar refractivity (Wildman–Crippen MR) is 135 cm³/mol. The van der Waals surface area contributed by atoms with Crippen molar-refractivity contribution >= 4 is 38.2 Å². The highest BCUT2D eigenvalue weighted by molar-refractivity contribution is 7.23. The van der Waals surface area contributed by atoms with Crippen molar-refractivity contribution in [1.82, 2.24) is 14.8 Å². The summed E-state index contributed by atoms with van der Waals surface area (Å²) in [5, 5.41) is 4.97. The smallest absolute Gasteiger partial charge is 0.172 e. The lowest BCUT2D eigenvalue weighted by atomic mass is 10.0. The fourth-order valence-electron chi connectivity index (χ4n) is 4.66. The molecular formula is C25H28N6OS. The maximum atomic E-state index is 13.4. The maximum Gasteiger partial charge on any atom is 0.172 e. The Balaban J connectivity index is 1.44. The molecule has 33 heavy (non-hydrogen) atoms. The van der Waals surface area contributed by atoms with Gasteiger partial charge in [0.05, 0.1) is 27.0 Å². The van der Waals surface area contributed by atoms with Gasteiger partial charge in [0.2, 0.25) is 0 Å². The number of nitrogen functional groups attached to an aromatic ring is 1. The topological polar surface area (TPSA) is 103 Å². The zero-order valence-electron chi connectivity index (χ0n) is 18.7. The Morgan fingerprint density at radius 3 is 2.79 bits per heavy atom. The van der Waals surface area contributed by atoms with Gasteiger partial charge in [0.15, 0.2) is 5.78 Å². The summed E-state index contributed by atoms with van der Waals surface area (Å²) < 4.78 is 2.78. The number of hydrogen-bond donors (Lipinski definition) is 2. The van der Waals surface area contributed by atoms with Crippen LogP contribution in [0.3, 0.4) is 0 Å². The first-order valence-electron chi connectivity index (χ1n) is 11.3. The molecule has 3 aromatic heterocycles. The Kier molecular flexibility index (Phi) is 5.86. The van der Waals surface area contributed by atoms with Gasteiger partial charge in [-0.25, -0.2) is 0 Å². The van der Waals surface area contributed by atoms with E-state index in [0.717, 1.165) is 59.6 Å². The molecule has 5 rings (SSSR count). The van der Waals surface area contributed by atoms with E-state index in [-0.39, 0.29) is 18.2 Å². The molecule has 1 aliphatic heterocycles. The molecule has 4 aromatic rings. The van der Waals surface area contributed by atoms with Crippen molar-refractivity contribution < 1.29 is 4.79 Å². The summed E-state index contributed by atoms with van der Waals surface area (Å²) in [7, 11) is 1.93. The van der Waals surface area contributed by atoms with Gasteiger partial charge in [-0.1, -0.05) is 30.3 Å². The molecule has 0 radical (unpaired) electrons. The third-order valence-corrected chi connectivity index (χ3v) is 7.30. The molecule has 7 nitrogen and oxygen atoms in total. The first-order valence-corrected chi connectivity index (χ1v) is 12.1. The molecule has 1 unspecified atom stereocenters. The predicted octanol–water partition coefficient (Wildman–Crippen LogP) is 4.02. The van der Waals surface area contributed by atoms with Crippen LogP contribution in [0.4, 0.5) is 10.8 Å². The van der Waals surface area contributed by atoms with Crippen LogP contribution in [0.15, 0.2) is 48.8 Å². The summed E-state index contributed by atoms with van der Waals surface area (Å²) in [4.78, 5) is 20.4. The second-order valence-corrected chi connectivity index (χ2v) is 9.76. The minimum Gasteiger partial charge on any atom is -0.390 e. The van der Waals surface area contributed by atoms with Gasteiger partial charge in [0, 0.05) is 49.9 Å². The molecular weight excluding hydrogens is 432 g/mol. The largest absolute Gasteiger partial charge is 0.390 e. The van der Waals surface area contributed by atoms with Crippen molar-refractivity contribution in [3.8, 4) is 11.1 Å². The average molecular weight is 461 g/mol. The number of anilines is 2. The van der Waals surface area contributed by atoms with Crippen LogP contribution in [0.2, 0.25) is 0 Å². The van der Waals surface area contributed by atoms with E-state index in [1.807, 2.05) is 48.3 Å². The Morgan fingerprint density at radius 1 is 1.15 bits per heavy atom. The molecule has 1 aromatic carbocycles. The van der Waals surface area contributed by atoms with Crippen LogP contribution >= 0.6 is 11.3 Å². The van der Waals surface area contributed by atoms with Crippen LogP contribution in [0.5, 0.6) is 0 Å². The zero-order chi connectivity index (χ0) is 22.9. The highest BCUT2D eigenvalue weighted by Gasteiger charge is 2.24. The summed E-state index contributed by atoms with van der Waals surface area (Å²) >= 11 is 1.42. The summed E-state index contributed by atoms with van der Waals surface area (Å²) in [6, 6.07) is 12.4. The second-order valence-electron chi connectivity index (χ2n) is 8.67. The first-order chi connectivity index (χ1) is 16.0. The Bertz CT molecular complexity index is 1300. The minimum absolute atomic E-state index is 0.0283. The molecule has 1 fully saturated rings. The number of carbonyl (C=O) groups excluding carboxylic acids is 1. The summed E-state index contributed by atoms with van der Waals surface area (Å²) in [5.74, 6) is 0.967. The third kappa shape index (κ3) is 4.24. The number of benzene rings is 1. The number of Topliss-reactive ketones (excluding diaryl/α,β-unsaturated/α-hetero) is 1. The van der Waals surface area contributed by atoms with Crippen molar-refractivity contribution in [3.63, 3.8) is 0 Å². The molecule has 0 saturated carbocycles. The molecule has 4 heterocycles.